The van der Waals surface area contributed by atoms with E-state index < -0.39 is 0 Å². The van der Waals surface area contributed by atoms with E-state index in [9.17, 15) is 0 Å². The van der Waals surface area contributed by atoms with E-state index >= 15 is 0 Å². The molecule has 1 N–H and O–H groups in total. The van der Waals surface area contributed by atoms with E-state index in [-0.39, 0.29) is 0 Å². The summed E-state index contributed by atoms with van der Waals surface area (Å²) in [6, 6.07) is 12.4. The van der Waals surface area contributed by atoms with E-state index in [1.165, 1.54) is 5.39 Å². The number of aromatic nitrogens is 1. The third kappa shape index (κ3) is 2.15. The van der Waals surface area contributed by atoms with E-state index in [0.717, 1.165) is 32.1 Å². The number of fused-ring (bicyclic) bond motifs is 3. The first-order valence-corrected chi connectivity index (χ1v) is 7.21. The molecule has 0 unspecified atom stereocenters. The molecule has 1 heterocycles. The molecule has 0 spiro atoms. The van der Waals surface area contributed by atoms with Gasteiger partial charge in [0.2, 0.25) is 0 Å². The van der Waals surface area contributed by atoms with Crippen molar-refractivity contribution in [1.82, 2.24) is 4.98 Å². The second-order valence-electron chi connectivity index (χ2n) is 4.64. The topological polar surface area (TPSA) is 34.1 Å². The van der Waals surface area contributed by atoms with Crippen molar-refractivity contribution < 1.29 is 4.74 Å². The maximum atomic E-state index is 5.21. The molecule has 0 aliphatic heterocycles. The number of hydrogen-bond acceptors (Lipinski definition) is 3. The average Bonchev–Trinajstić information content (AvgIpc) is 2.48. The first-order valence-electron chi connectivity index (χ1n) is 6.42. The van der Waals surface area contributed by atoms with Crippen molar-refractivity contribution in [2.24, 2.45) is 0 Å². The molecule has 1 aromatic heterocycles. The summed E-state index contributed by atoms with van der Waals surface area (Å²) in [5, 5.41) is 6.67. The van der Waals surface area contributed by atoms with Gasteiger partial charge in [0.25, 0.3) is 0 Å². The van der Waals surface area contributed by atoms with Crippen molar-refractivity contribution in [1.29, 1.82) is 0 Å². The average molecular weight is 331 g/mol. The van der Waals surface area contributed by atoms with Crippen LogP contribution in [0.4, 0.5) is 5.69 Å². The normalized spacial score (nSPS) is 11.2. The predicted molar refractivity (Wildman–Crippen MR) is 87.2 cm³/mol. The predicted octanol–water partition coefficient (Wildman–Crippen LogP) is 4.34. The van der Waals surface area contributed by atoms with Crippen LogP contribution >= 0.6 is 15.9 Å². The maximum Gasteiger partial charge on any atom is 0.0885 e. The molecule has 0 aliphatic carbocycles. The number of methoxy groups -OCH3 is 1. The van der Waals surface area contributed by atoms with E-state index in [0.29, 0.717) is 6.61 Å². The number of nitrogens with zero attached hydrogens (tertiary/aromatic N) is 1. The van der Waals surface area contributed by atoms with Crippen LogP contribution in [-0.2, 0) is 11.3 Å². The maximum absolute atomic E-state index is 5.21. The fourth-order valence-corrected chi connectivity index (χ4v) is 3.07. The summed E-state index contributed by atoms with van der Waals surface area (Å²) in [4.78, 5) is 4.76. The Labute approximate surface area is 126 Å². The molecule has 0 fully saturated rings. The summed E-state index contributed by atoms with van der Waals surface area (Å²) in [5.74, 6) is 0. The zero-order valence-electron chi connectivity index (χ0n) is 11.4. The lowest BCUT2D eigenvalue weighted by Crippen LogP contribution is -1.98. The van der Waals surface area contributed by atoms with Crippen LogP contribution < -0.4 is 5.32 Å². The van der Waals surface area contributed by atoms with Crippen LogP contribution in [0.3, 0.4) is 0 Å². The molecular weight excluding hydrogens is 316 g/mol. The van der Waals surface area contributed by atoms with Gasteiger partial charge >= 0.3 is 0 Å². The monoisotopic (exact) mass is 330 g/mol. The molecule has 0 radical (unpaired) electrons. The second kappa shape index (κ2) is 5.38. The zero-order valence-corrected chi connectivity index (χ0v) is 13.0. The Morgan fingerprint density at radius 3 is 2.60 bits per heavy atom. The van der Waals surface area contributed by atoms with Crippen LogP contribution in [0.25, 0.3) is 21.7 Å². The van der Waals surface area contributed by atoms with E-state index in [4.69, 9.17) is 9.72 Å². The fraction of sp³-hybridized carbons (Fsp3) is 0.188. The minimum absolute atomic E-state index is 0.509. The number of rotatable bonds is 3. The second-order valence-corrected chi connectivity index (χ2v) is 5.50. The van der Waals surface area contributed by atoms with Crippen molar-refractivity contribution in [3.63, 3.8) is 0 Å². The number of nitrogens with one attached hydrogen (secondary N) is 1. The Balaban J connectivity index is 2.44. The summed E-state index contributed by atoms with van der Waals surface area (Å²) in [7, 11) is 3.61. The molecule has 3 nitrogen and oxygen atoms in total. The van der Waals surface area contributed by atoms with Gasteiger partial charge in [-0.1, -0.05) is 40.2 Å². The first kappa shape index (κ1) is 13.3. The lowest BCUT2D eigenvalue weighted by atomic mass is 10.0. The van der Waals surface area contributed by atoms with Crippen LogP contribution in [0.5, 0.6) is 0 Å². The molecule has 20 heavy (non-hydrogen) atoms. The summed E-state index contributed by atoms with van der Waals surface area (Å²) in [6.07, 6.45) is 0. The van der Waals surface area contributed by atoms with Crippen LogP contribution in [0, 0.1) is 0 Å². The minimum atomic E-state index is 0.509. The Morgan fingerprint density at radius 2 is 1.90 bits per heavy atom. The van der Waals surface area contributed by atoms with Gasteiger partial charge in [-0.15, -0.1) is 0 Å². The largest absolute Gasteiger partial charge is 0.388 e. The third-order valence-corrected chi connectivity index (χ3v) is 4.04. The van der Waals surface area contributed by atoms with E-state index in [2.05, 4.69) is 39.4 Å². The standard InChI is InChI=1S/C16H15BrN2O/c1-18-15-7-10(9-20-2)19-16-12-6-4-3-5-11(12)14(17)8-13(15)16/h3-8H,9H2,1-2H3,(H,18,19). The van der Waals surface area contributed by atoms with Gasteiger partial charge in [0, 0.05) is 35.1 Å². The molecule has 0 saturated carbocycles. The van der Waals surface area contributed by atoms with Gasteiger partial charge in [-0.25, -0.2) is 4.98 Å². The number of anilines is 1. The molecule has 3 aromatic rings. The van der Waals surface area contributed by atoms with Crippen molar-refractivity contribution in [3.05, 3.63) is 46.6 Å². The quantitative estimate of drug-likeness (QED) is 0.725. The smallest absolute Gasteiger partial charge is 0.0885 e. The molecule has 0 atom stereocenters. The van der Waals surface area contributed by atoms with Gasteiger partial charge in [0.15, 0.2) is 0 Å². The highest BCUT2D eigenvalue weighted by Crippen LogP contribution is 2.34. The number of halogens is 1. The molecule has 0 bridgehead atoms. The van der Waals surface area contributed by atoms with Crippen LogP contribution in [0.1, 0.15) is 5.69 Å². The highest BCUT2D eigenvalue weighted by Gasteiger charge is 2.10. The fourth-order valence-electron chi connectivity index (χ4n) is 2.49. The van der Waals surface area contributed by atoms with Gasteiger partial charge in [-0.2, -0.15) is 0 Å². The van der Waals surface area contributed by atoms with E-state index in [1.807, 2.05) is 25.2 Å². The number of ether oxygens (including phenoxy) is 1. The van der Waals surface area contributed by atoms with Gasteiger partial charge < -0.3 is 10.1 Å². The Morgan fingerprint density at radius 1 is 1.15 bits per heavy atom. The third-order valence-electron chi connectivity index (χ3n) is 3.38. The van der Waals surface area contributed by atoms with Crippen molar-refractivity contribution >= 4 is 43.3 Å². The summed E-state index contributed by atoms with van der Waals surface area (Å²) < 4.78 is 6.29. The molecule has 0 amide bonds. The SMILES string of the molecule is CNc1cc(COC)nc2c1cc(Br)c1ccccc12. The van der Waals surface area contributed by atoms with Crippen LogP contribution in [-0.4, -0.2) is 19.1 Å². The molecule has 3 rings (SSSR count). The highest BCUT2D eigenvalue weighted by atomic mass is 79.9. The molecule has 0 saturated heterocycles. The molecule has 4 heteroatoms. The highest BCUT2D eigenvalue weighted by molar-refractivity contribution is 9.10. The summed E-state index contributed by atoms with van der Waals surface area (Å²) >= 11 is 3.65. The molecular formula is C16H15BrN2O. The van der Waals surface area contributed by atoms with Crippen LogP contribution in [0.2, 0.25) is 0 Å². The number of benzene rings is 2. The Kier molecular flexibility index (Phi) is 3.59. The zero-order chi connectivity index (χ0) is 14.1. The van der Waals surface area contributed by atoms with Gasteiger partial charge in [0.05, 0.1) is 17.8 Å². The summed E-state index contributed by atoms with van der Waals surface area (Å²) in [5.41, 5.74) is 2.99. The first-order chi connectivity index (χ1) is 9.74. The van der Waals surface area contributed by atoms with Crippen LogP contribution in [0.15, 0.2) is 40.9 Å². The molecule has 2 aromatic carbocycles. The number of hydrogen-bond donors (Lipinski definition) is 1. The molecule has 0 aliphatic rings. The van der Waals surface area contributed by atoms with Gasteiger partial charge in [-0.05, 0) is 17.5 Å². The lowest BCUT2D eigenvalue weighted by Gasteiger charge is -2.12. The van der Waals surface area contributed by atoms with Crippen molar-refractivity contribution in [2.75, 3.05) is 19.5 Å². The van der Waals surface area contributed by atoms with Crippen molar-refractivity contribution in [2.45, 2.75) is 6.61 Å². The van der Waals surface area contributed by atoms with Gasteiger partial charge in [-0.3, -0.25) is 0 Å². The lowest BCUT2D eigenvalue weighted by molar-refractivity contribution is 0.182. The Bertz CT molecular complexity index is 786. The minimum Gasteiger partial charge on any atom is -0.388 e. The van der Waals surface area contributed by atoms with Crippen molar-refractivity contribution in [3.8, 4) is 0 Å². The van der Waals surface area contributed by atoms with Gasteiger partial charge in [0.1, 0.15) is 0 Å². The number of pyridine rings is 1. The summed E-state index contributed by atoms with van der Waals surface area (Å²) in [6.45, 7) is 0.509. The Hall–Kier alpha value is -1.65. The molecule has 102 valence electrons. The van der Waals surface area contributed by atoms with E-state index in [1.54, 1.807) is 7.11 Å².